The third-order valence-electron chi connectivity index (χ3n) is 2.97. The second kappa shape index (κ2) is 7.62. The lowest BCUT2D eigenvalue weighted by Gasteiger charge is -2.17. The van der Waals surface area contributed by atoms with E-state index in [1.807, 2.05) is 49.4 Å². The van der Waals surface area contributed by atoms with Crippen LogP contribution in [0.4, 0.5) is 0 Å². The SMILES string of the molecule is CC(COc1ccccc1)NCC(O)c1cccnc1. The van der Waals surface area contributed by atoms with Crippen LogP contribution in [0.5, 0.6) is 5.75 Å². The standard InChI is InChI=1S/C16H20N2O2/c1-13(12-20-15-7-3-2-4-8-15)18-11-16(19)14-6-5-9-17-10-14/h2-10,13,16,18-19H,11-12H2,1H3. The molecule has 4 nitrogen and oxygen atoms in total. The van der Waals surface area contributed by atoms with E-state index in [4.69, 9.17) is 4.74 Å². The van der Waals surface area contributed by atoms with E-state index in [0.29, 0.717) is 13.2 Å². The van der Waals surface area contributed by atoms with E-state index in [1.54, 1.807) is 12.4 Å². The largest absolute Gasteiger partial charge is 0.492 e. The van der Waals surface area contributed by atoms with Crippen molar-refractivity contribution in [2.75, 3.05) is 13.2 Å². The van der Waals surface area contributed by atoms with Gasteiger partial charge in [-0.2, -0.15) is 0 Å². The molecule has 2 rings (SSSR count). The van der Waals surface area contributed by atoms with Gasteiger partial charge in [-0.15, -0.1) is 0 Å². The van der Waals surface area contributed by atoms with E-state index in [-0.39, 0.29) is 6.04 Å². The van der Waals surface area contributed by atoms with Gasteiger partial charge in [-0.25, -0.2) is 0 Å². The smallest absolute Gasteiger partial charge is 0.119 e. The summed E-state index contributed by atoms with van der Waals surface area (Å²) in [6.45, 7) is 3.06. The molecule has 1 heterocycles. The minimum absolute atomic E-state index is 0.154. The highest BCUT2D eigenvalue weighted by Gasteiger charge is 2.09. The van der Waals surface area contributed by atoms with Crippen LogP contribution in [0.2, 0.25) is 0 Å². The second-order valence-corrected chi connectivity index (χ2v) is 4.74. The average molecular weight is 272 g/mol. The van der Waals surface area contributed by atoms with Crippen molar-refractivity contribution >= 4 is 0 Å². The quantitative estimate of drug-likeness (QED) is 0.811. The van der Waals surface area contributed by atoms with Gasteiger partial charge in [-0.1, -0.05) is 24.3 Å². The number of nitrogens with one attached hydrogen (secondary N) is 1. The molecule has 0 saturated heterocycles. The molecular formula is C16H20N2O2. The Kier molecular flexibility index (Phi) is 5.53. The number of aromatic nitrogens is 1. The van der Waals surface area contributed by atoms with Crippen molar-refractivity contribution in [3.63, 3.8) is 0 Å². The van der Waals surface area contributed by atoms with Crippen LogP contribution in [0.1, 0.15) is 18.6 Å². The molecule has 0 amide bonds. The van der Waals surface area contributed by atoms with Crippen molar-refractivity contribution in [1.82, 2.24) is 10.3 Å². The molecule has 2 unspecified atom stereocenters. The fourth-order valence-electron chi connectivity index (χ4n) is 1.80. The molecule has 2 atom stereocenters. The molecule has 0 saturated carbocycles. The molecule has 0 aliphatic carbocycles. The molecule has 4 heteroatoms. The van der Waals surface area contributed by atoms with E-state index >= 15 is 0 Å². The maximum absolute atomic E-state index is 10.0. The molecule has 1 aromatic heterocycles. The Hall–Kier alpha value is -1.91. The van der Waals surface area contributed by atoms with Crippen LogP contribution in [0.25, 0.3) is 0 Å². The minimum Gasteiger partial charge on any atom is -0.492 e. The van der Waals surface area contributed by atoms with E-state index < -0.39 is 6.10 Å². The number of pyridine rings is 1. The topological polar surface area (TPSA) is 54.4 Å². The Morgan fingerprint density at radius 1 is 1.20 bits per heavy atom. The molecule has 106 valence electrons. The summed E-state index contributed by atoms with van der Waals surface area (Å²) in [5.74, 6) is 0.856. The number of nitrogens with zero attached hydrogens (tertiary/aromatic N) is 1. The third-order valence-corrected chi connectivity index (χ3v) is 2.97. The van der Waals surface area contributed by atoms with E-state index in [2.05, 4.69) is 10.3 Å². The van der Waals surface area contributed by atoms with Crippen LogP contribution in [-0.4, -0.2) is 29.3 Å². The molecular weight excluding hydrogens is 252 g/mol. The monoisotopic (exact) mass is 272 g/mol. The van der Waals surface area contributed by atoms with E-state index in [1.165, 1.54) is 0 Å². The summed E-state index contributed by atoms with van der Waals surface area (Å²) in [5, 5.41) is 13.3. The van der Waals surface area contributed by atoms with Crippen molar-refractivity contribution in [3.8, 4) is 5.75 Å². The predicted molar refractivity (Wildman–Crippen MR) is 78.6 cm³/mol. The van der Waals surface area contributed by atoms with Crippen LogP contribution in [-0.2, 0) is 0 Å². The first-order valence-electron chi connectivity index (χ1n) is 6.75. The second-order valence-electron chi connectivity index (χ2n) is 4.74. The van der Waals surface area contributed by atoms with Gasteiger partial charge in [0.15, 0.2) is 0 Å². The fourth-order valence-corrected chi connectivity index (χ4v) is 1.80. The number of hydrogen-bond acceptors (Lipinski definition) is 4. The molecule has 0 fully saturated rings. The molecule has 1 aromatic carbocycles. The minimum atomic E-state index is -0.553. The lowest BCUT2D eigenvalue weighted by atomic mass is 10.1. The van der Waals surface area contributed by atoms with Gasteiger partial charge in [-0.05, 0) is 25.1 Å². The zero-order valence-corrected chi connectivity index (χ0v) is 11.6. The van der Waals surface area contributed by atoms with Gasteiger partial charge in [0.05, 0.1) is 6.10 Å². The molecule has 20 heavy (non-hydrogen) atoms. The normalized spacial score (nSPS) is 13.7. The number of para-hydroxylation sites is 1. The van der Waals surface area contributed by atoms with Crippen molar-refractivity contribution in [2.45, 2.75) is 19.1 Å². The zero-order valence-electron chi connectivity index (χ0n) is 11.6. The van der Waals surface area contributed by atoms with Gasteiger partial charge >= 0.3 is 0 Å². The highest BCUT2D eigenvalue weighted by Crippen LogP contribution is 2.10. The lowest BCUT2D eigenvalue weighted by molar-refractivity contribution is 0.163. The van der Waals surface area contributed by atoms with Crippen LogP contribution in [0, 0.1) is 0 Å². The van der Waals surface area contributed by atoms with Crippen molar-refractivity contribution < 1.29 is 9.84 Å². The van der Waals surface area contributed by atoms with Crippen LogP contribution in [0.3, 0.4) is 0 Å². The summed E-state index contributed by atoms with van der Waals surface area (Å²) in [6.07, 6.45) is 2.82. The van der Waals surface area contributed by atoms with Crippen LogP contribution in [0.15, 0.2) is 54.9 Å². The molecule has 0 aliphatic rings. The molecule has 2 aromatic rings. The Morgan fingerprint density at radius 3 is 2.70 bits per heavy atom. The third kappa shape index (κ3) is 4.64. The zero-order chi connectivity index (χ0) is 14.2. The Labute approximate surface area is 119 Å². The van der Waals surface area contributed by atoms with Gasteiger partial charge in [0.1, 0.15) is 12.4 Å². The summed E-state index contributed by atoms with van der Waals surface area (Å²) in [5.41, 5.74) is 0.816. The summed E-state index contributed by atoms with van der Waals surface area (Å²) in [4.78, 5) is 4.00. The molecule has 0 bridgehead atoms. The van der Waals surface area contributed by atoms with Gasteiger partial charge in [0.2, 0.25) is 0 Å². The van der Waals surface area contributed by atoms with Crippen LogP contribution >= 0.6 is 0 Å². The first kappa shape index (κ1) is 14.5. The highest BCUT2D eigenvalue weighted by atomic mass is 16.5. The van der Waals surface area contributed by atoms with Crippen molar-refractivity contribution in [1.29, 1.82) is 0 Å². The number of aliphatic hydroxyl groups is 1. The fraction of sp³-hybridized carbons (Fsp3) is 0.312. The van der Waals surface area contributed by atoms with Crippen molar-refractivity contribution in [3.05, 3.63) is 60.4 Å². The van der Waals surface area contributed by atoms with Crippen molar-refractivity contribution in [2.24, 2.45) is 0 Å². The first-order valence-corrected chi connectivity index (χ1v) is 6.75. The van der Waals surface area contributed by atoms with Gasteiger partial charge in [0, 0.05) is 30.5 Å². The number of rotatable bonds is 7. The van der Waals surface area contributed by atoms with E-state index in [9.17, 15) is 5.11 Å². The number of benzene rings is 1. The summed E-state index contributed by atoms with van der Waals surface area (Å²) in [6, 6.07) is 13.5. The van der Waals surface area contributed by atoms with Crippen LogP contribution < -0.4 is 10.1 Å². The Morgan fingerprint density at radius 2 is 2.00 bits per heavy atom. The maximum atomic E-state index is 10.0. The summed E-state index contributed by atoms with van der Waals surface area (Å²) < 4.78 is 5.65. The summed E-state index contributed by atoms with van der Waals surface area (Å²) >= 11 is 0. The maximum Gasteiger partial charge on any atom is 0.119 e. The molecule has 0 spiro atoms. The molecule has 2 N–H and O–H groups in total. The number of aliphatic hydroxyl groups excluding tert-OH is 1. The number of ether oxygens (including phenoxy) is 1. The molecule has 0 radical (unpaired) electrons. The summed E-state index contributed by atoms with van der Waals surface area (Å²) in [7, 11) is 0. The predicted octanol–water partition coefficient (Wildman–Crippen LogP) is 2.17. The Balaban J connectivity index is 1.71. The van der Waals surface area contributed by atoms with Gasteiger partial charge in [-0.3, -0.25) is 4.98 Å². The van der Waals surface area contributed by atoms with Gasteiger partial charge < -0.3 is 15.2 Å². The average Bonchev–Trinajstić information content (AvgIpc) is 2.52. The highest BCUT2D eigenvalue weighted by molar-refractivity contribution is 5.20. The van der Waals surface area contributed by atoms with E-state index in [0.717, 1.165) is 11.3 Å². The lowest BCUT2D eigenvalue weighted by Crippen LogP contribution is -2.34. The number of hydrogen-bond donors (Lipinski definition) is 2. The van der Waals surface area contributed by atoms with Gasteiger partial charge in [0.25, 0.3) is 0 Å². The molecule has 0 aliphatic heterocycles. The first-order chi connectivity index (χ1) is 9.75. The Bertz CT molecular complexity index is 490.